The maximum absolute atomic E-state index is 13.8. The Hall–Kier alpha value is -2.52. The van der Waals surface area contributed by atoms with Gasteiger partial charge in [-0.05, 0) is 45.4 Å². The Labute approximate surface area is 190 Å². The van der Waals surface area contributed by atoms with Crippen molar-refractivity contribution in [1.82, 2.24) is 10.7 Å². The first-order valence-electron chi connectivity index (χ1n) is 9.83. The summed E-state index contributed by atoms with van der Waals surface area (Å²) in [4.78, 5) is 12.2. The smallest absolute Gasteiger partial charge is 0.407 e. The summed E-state index contributed by atoms with van der Waals surface area (Å²) in [6.45, 7) is 12.0. The first-order chi connectivity index (χ1) is 14.6. The van der Waals surface area contributed by atoms with Crippen molar-refractivity contribution in [3.8, 4) is 5.75 Å². The van der Waals surface area contributed by atoms with E-state index < -0.39 is 17.5 Å². The van der Waals surface area contributed by atoms with Crippen LogP contribution in [-0.4, -0.2) is 50.8 Å². The van der Waals surface area contributed by atoms with Gasteiger partial charge in [-0.15, -0.1) is 12.6 Å². The number of rotatable bonds is 11. The van der Waals surface area contributed by atoms with Crippen molar-refractivity contribution in [2.45, 2.75) is 33.3 Å². The molecule has 1 aromatic carbocycles. The number of carbonyl (C=O) groups is 1. The van der Waals surface area contributed by atoms with Gasteiger partial charge in [-0.1, -0.05) is 12.7 Å². The zero-order valence-corrected chi connectivity index (χ0v) is 19.6. The van der Waals surface area contributed by atoms with Gasteiger partial charge in [0.25, 0.3) is 0 Å². The summed E-state index contributed by atoms with van der Waals surface area (Å²) in [5.74, 6) is -0.122. The number of hydrogen-bond donors (Lipinski definition) is 3. The van der Waals surface area contributed by atoms with Crippen LogP contribution in [0.25, 0.3) is 0 Å². The van der Waals surface area contributed by atoms with Crippen molar-refractivity contribution in [2.24, 2.45) is 5.10 Å². The van der Waals surface area contributed by atoms with Gasteiger partial charge < -0.3 is 25.0 Å². The minimum Gasteiger partial charge on any atom is -0.490 e. The van der Waals surface area contributed by atoms with Crippen LogP contribution in [0.1, 0.15) is 34.7 Å². The molecule has 1 aromatic rings. The Balaban J connectivity index is 0.00000961. The van der Waals surface area contributed by atoms with Crippen LogP contribution in [0.2, 0.25) is 0 Å². The average Bonchev–Trinajstić information content (AvgIpc) is 2.69. The Morgan fingerprint density at radius 2 is 2.03 bits per heavy atom. The molecule has 0 aliphatic carbocycles. The minimum atomic E-state index is -0.552. The van der Waals surface area contributed by atoms with Crippen LogP contribution < -0.4 is 15.5 Å². The van der Waals surface area contributed by atoms with Crippen LogP contribution in [0, 0.1) is 5.82 Å². The number of ether oxygens (including phenoxy) is 3. The highest BCUT2D eigenvalue weighted by molar-refractivity contribution is 7.85. The Bertz CT molecular complexity index is 826. The second-order valence-electron chi connectivity index (χ2n) is 7.45. The number of thiol groups is 1. The van der Waals surface area contributed by atoms with Crippen molar-refractivity contribution in [3.05, 3.63) is 52.7 Å². The number of carbonyl (C=O) groups excluding carboxylic acids is 1. The zero-order valence-electron chi connectivity index (χ0n) is 18.8. The minimum absolute atomic E-state index is 0. The van der Waals surface area contributed by atoms with Gasteiger partial charge in [0.2, 0.25) is 0 Å². The highest BCUT2D eigenvalue weighted by atomic mass is 32.1. The normalized spacial score (nSPS) is 12.7. The maximum atomic E-state index is 13.8. The lowest BCUT2D eigenvalue weighted by molar-refractivity contribution is 0.0489. The van der Waals surface area contributed by atoms with Crippen molar-refractivity contribution in [3.63, 3.8) is 0 Å². The number of nitrogens with zero attached hydrogens (tertiary/aromatic N) is 1. The van der Waals surface area contributed by atoms with Crippen LogP contribution >= 0.6 is 12.6 Å². The SMILES string of the molecule is C=C/C(C)=C(S)/C(=N\NC)c1ccc(F)cc1OCCOCCNC(=O)OC(C)(C)C.[HH]. The summed E-state index contributed by atoms with van der Waals surface area (Å²) < 4.78 is 30.1. The highest BCUT2D eigenvalue weighted by Crippen LogP contribution is 2.26. The second-order valence-corrected chi connectivity index (χ2v) is 7.90. The number of amides is 1. The number of halogens is 1. The van der Waals surface area contributed by atoms with Crippen molar-refractivity contribution in [2.75, 3.05) is 33.4 Å². The van der Waals surface area contributed by atoms with E-state index in [0.29, 0.717) is 28.5 Å². The molecule has 0 bridgehead atoms. The summed E-state index contributed by atoms with van der Waals surface area (Å²) in [5.41, 5.74) is 4.07. The standard InChI is InChI=1S/C22H32FN3O4S.H2/c1-7-15(2)20(31)19(26-24-6)17-9-8-16(23)14-18(17)29-13-12-28-11-10-25-21(27)30-22(3,4)5;/h7-9,14,24,31H,1,10-13H2,2-6H3,(H,25,27);1H/b20-15-,26-19-;. The van der Waals surface area contributed by atoms with E-state index in [-0.39, 0.29) is 21.2 Å². The molecular formula is C22H34FN3O4S. The van der Waals surface area contributed by atoms with E-state index in [1.807, 2.05) is 6.92 Å². The third-order valence-corrected chi connectivity index (χ3v) is 4.29. The molecule has 31 heavy (non-hydrogen) atoms. The van der Waals surface area contributed by atoms with Crippen LogP contribution in [0.4, 0.5) is 9.18 Å². The van der Waals surface area contributed by atoms with E-state index in [1.165, 1.54) is 12.1 Å². The zero-order chi connectivity index (χ0) is 23.4. The first kappa shape index (κ1) is 26.5. The van der Waals surface area contributed by atoms with Gasteiger partial charge in [0.15, 0.2) is 0 Å². The molecule has 0 atom stereocenters. The summed E-state index contributed by atoms with van der Waals surface area (Å²) in [6.07, 6.45) is 1.16. The molecule has 9 heteroatoms. The second kappa shape index (κ2) is 13.0. The summed E-state index contributed by atoms with van der Waals surface area (Å²) >= 11 is 4.53. The molecule has 174 valence electrons. The first-order valence-corrected chi connectivity index (χ1v) is 10.3. The lowest BCUT2D eigenvalue weighted by atomic mass is 10.1. The molecule has 0 aliphatic heterocycles. The van der Waals surface area contributed by atoms with Crippen LogP contribution in [0.15, 0.2) is 46.4 Å². The molecule has 0 aliphatic rings. The molecule has 0 saturated heterocycles. The highest BCUT2D eigenvalue weighted by Gasteiger charge is 2.17. The molecule has 0 saturated carbocycles. The molecule has 0 aromatic heterocycles. The number of nitrogens with one attached hydrogen (secondary N) is 2. The molecule has 0 heterocycles. The molecule has 0 radical (unpaired) electrons. The van der Waals surface area contributed by atoms with E-state index in [0.717, 1.165) is 5.57 Å². The van der Waals surface area contributed by atoms with Crippen molar-refractivity contribution in [1.29, 1.82) is 0 Å². The number of alkyl carbamates (subject to hydrolysis) is 1. The summed E-state index contributed by atoms with van der Waals surface area (Å²) in [7, 11) is 1.66. The van der Waals surface area contributed by atoms with E-state index in [2.05, 4.69) is 35.1 Å². The monoisotopic (exact) mass is 455 g/mol. The number of allylic oxidation sites excluding steroid dienone is 3. The maximum Gasteiger partial charge on any atom is 0.407 e. The predicted octanol–water partition coefficient (Wildman–Crippen LogP) is 4.31. The van der Waals surface area contributed by atoms with Crippen LogP contribution in [-0.2, 0) is 9.47 Å². The van der Waals surface area contributed by atoms with Crippen LogP contribution in [0.3, 0.4) is 0 Å². The lowest BCUT2D eigenvalue weighted by Gasteiger charge is -2.19. The molecule has 7 nitrogen and oxygen atoms in total. The molecule has 0 spiro atoms. The third kappa shape index (κ3) is 9.89. The molecule has 1 amide bonds. The summed E-state index contributed by atoms with van der Waals surface area (Å²) in [6, 6.07) is 4.20. The van der Waals surface area contributed by atoms with Gasteiger partial charge >= 0.3 is 6.09 Å². The molecule has 0 unspecified atom stereocenters. The third-order valence-electron chi connectivity index (χ3n) is 3.73. The van der Waals surface area contributed by atoms with Crippen molar-refractivity contribution < 1.29 is 24.8 Å². The fraction of sp³-hybridized carbons (Fsp3) is 0.455. The van der Waals surface area contributed by atoms with E-state index in [1.54, 1.807) is 40.0 Å². The van der Waals surface area contributed by atoms with Gasteiger partial charge in [0.05, 0.1) is 13.2 Å². The predicted molar refractivity (Wildman–Crippen MR) is 127 cm³/mol. The fourth-order valence-corrected chi connectivity index (χ4v) is 2.56. The Kier molecular flexibility index (Phi) is 11.1. The summed E-state index contributed by atoms with van der Waals surface area (Å²) in [5, 5.41) is 6.86. The van der Waals surface area contributed by atoms with E-state index >= 15 is 0 Å². The van der Waals surface area contributed by atoms with E-state index in [9.17, 15) is 9.18 Å². The fourth-order valence-electron chi connectivity index (χ4n) is 2.30. The van der Waals surface area contributed by atoms with Crippen LogP contribution in [0.5, 0.6) is 5.75 Å². The Morgan fingerprint density at radius 3 is 2.65 bits per heavy atom. The largest absolute Gasteiger partial charge is 0.490 e. The number of benzene rings is 1. The van der Waals surface area contributed by atoms with Gasteiger partial charge in [0, 0.05) is 31.6 Å². The molecular weight excluding hydrogens is 421 g/mol. The molecule has 0 fully saturated rings. The van der Waals surface area contributed by atoms with E-state index in [4.69, 9.17) is 14.2 Å². The molecule has 2 N–H and O–H groups in total. The van der Waals surface area contributed by atoms with Gasteiger partial charge in [0.1, 0.15) is 29.5 Å². The Morgan fingerprint density at radius 1 is 1.32 bits per heavy atom. The van der Waals surface area contributed by atoms with Gasteiger partial charge in [-0.2, -0.15) is 5.10 Å². The lowest BCUT2D eigenvalue weighted by Crippen LogP contribution is -2.34. The van der Waals surface area contributed by atoms with Gasteiger partial charge in [-0.3, -0.25) is 0 Å². The topological polar surface area (TPSA) is 81.2 Å². The number of hydrazone groups is 1. The van der Waals surface area contributed by atoms with Crippen molar-refractivity contribution >= 4 is 24.4 Å². The average molecular weight is 456 g/mol. The van der Waals surface area contributed by atoms with Gasteiger partial charge in [-0.25, -0.2) is 9.18 Å². The quantitative estimate of drug-likeness (QED) is 0.152. The molecule has 1 rings (SSSR count). The number of hydrogen-bond acceptors (Lipinski definition) is 7.